The lowest BCUT2D eigenvalue weighted by atomic mass is 10.0. The Labute approximate surface area is 120 Å². The number of rotatable bonds is 3. The van der Waals surface area contributed by atoms with E-state index < -0.39 is 5.91 Å². The molecule has 1 aliphatic heterocycles. The van der Waals surface area contributed by atoms with Crippen molar-refractivity contribution in [1.82, 2.24) is 5.32 Å². The number of nitrogens with one attached hydrogen (secondary N) is 1. The molecule has 20 heavy (non-hydrogen) atoms. The number of carbonyl (C=O) groups is 2. The van der Waals surface area contributed by atoms with Crippen molar-refractivity contribution >= 4 is 17.4 Å². The number of Topliss-reactive ketones (excluding diaryl/α,β-unsaturated/α-hetero) is 1. The first-order chi connectivity index (χ1) is 9.20. The topological polar surface area (TPSA) is 49.4 Å². The van der Waals surface area contributed by atoms with Crippen molar-refractivity contribution in [3.63, 3.8) is 0 Å². The summed E-state index contributed by atoms with van der Waals surface area (Å²) >= 11 is 0. The Morgan fingerprint density at radius 2 is 1.80 bits per heavy atom. The standard InChI is InChI=1S/C16H22N2O2/c1-10-8-11(2)13-12(9-10)14(19)15(20)18(13)7-6-17-16(3,4)5/h8-9,17H,6-7H2,1-5H3. The average Bonchev–Trinajstić information content (AvgIpc) is 2.53. The number of benzene rings is 1. The van der Waals surface area contributed by atoms with Gasteiger partial charge in [-0.25, -0.2) is 0 Å². The van der Waals surface area contributed by atoms with Crippen molar-refractivity contribution in [2.45, 2.75) is 40.2 Å². The summed E-state index contributed by atoms with van der Waals surface area (Å²) in [7, 11) is 0. The largest absolute Gasteiger partial charge is 0.310 e. The molecular weight excluding hydrogens is 252 g/mol. The molecule has 1 N–H and O–H groups in total. The smallest absolute Gasteiger partial charge is 0.299 e. The van der Waals surface area contributed by atoms with E-state index in [4.69, 9.17) is 0 Å². The van der Waals surface area contributed by atoms with Gasteiger partial charge in [-0.15, -0.1) is 0 Å². The highest BCUT2D eigenvalue weighted by atomic mass is 16.2. The molecule has 0 aliphatic carbocycles. The molecule has 1 amide bonds. The first-order valence-corrected chi connectivity index (χ1v) is 6.93. The predicted molar refractivity (Wildman–Crippen MR) is 80.4 cm³/mol. The second kappa shape index (κ2) is 5.02. The molecule has 0 radical (unpaired) electrons. The van der Waals surface area contributed by atoms with E-state index >= 15 is 0 Å². The zero-order valence-electron chi connectivity index (χ0n) is 12.8. The second-order valence-electron chi connectivity index (χ2n) is 6.44. The second-order valence-corrected chi connectivity index (χ2v) is 6.44. The summed E-state index contributed by atoms with van der Waals surface area (Å²) in [6.07, 6.45) is 0. The molecule has 1 heterocycles. The molecule has 0 fully saturated rings. The van der Waals surface area contributed by atoms with E-state index in [1.54, 1.807) is 11.0 Å². The SMILES string of the molecule is Cc1cc(C)c2c(c1)C(=O)C(=O)N2CCNC(C)(C)C. The van der Waals surface area contributed by atoms with Gasteiger partial charge in [0, 0.05) is 18.6 Å². The minimum absolute atomic E-state index is 0.00205. The Bertz CT molecular complexity index is 571. The maximum atomic E-state index is 12.1. The third-order valence-corrected chi connectivity index (χ3v) is 3.39. The summed E-state index contributed by atoms with van der Waals surface area (Å²) in [5, 5.41) is 3.34. The van der Waals surface area contributed by atoms with Gasteiger partial charge < -0.3 is 10.2 Å². The third kappa shape index (κ3) is 2.75. The van der Waals surface area contributed by atoms with Crippen molar-refractivity contribution < 1.29 is 9.59 Å². The van der Waals surface area contributed by atoms with E-state index in [0.29, 0.717) is 18.7 Å². The molecule has 0 spiro atoms. The van der Waals surface area contributed by atoms with Crippen LogP contribution in [0.15, 0.2) is 12.1 Å². The molecule has 0 bridgehead atoms. The Morgan fingerprint density at radius 1 is 1.15 bits per heavy atom. The fourth-order valence-electron chi connectivity index (χ4n) is 2.59. The minimum atomic E-state index is -0.413. The highest BCUT2D eigenvalue weighted by molar-refractivity contribution is 6.52. The number of carbonyl (C=O) groups excluding carboxylic acids is 2. The number of ketones is 1. The van der Waals surface area contributed by atoms with Crippen LogP contribution >= 0.6 is 0 Å². The van der Waals surface area contributed by atoms with Crippen LogP contribution in [0, 0.1) is 13.8 Å². The molecule has 0 atom stereocenters. The molecule has 4 nitrogen and oxygen atoms in total. The molecule has 0 saturated carbocycles. The molecule has 2 rings (SSSR count). The van der Waals surface area contributed by atoms with Crippen LogP contribution in [0.4, 0.5) is 5.69 Å². The van der Waals surface area contributed by atoms with Gasteiger partial charge in [0.2, 0.25) is 0 Å². The molecule has 0 unspecified atom stereocenters. The highest BCUT2D eigenvalue weighted by Crippen LogP contribution is 2.33. The van der Waals surface area contributed by atoms with Crippen molar-refractivity contribution in [3.8, 4) is 0 Å². The van der Waals surface area contributed by atoms with Crippen LogP contribution in [0.2, 0.25) is 0 Å². The number of nitrogens with zero attached hydrogens (tertiary/aromatic N) is 1. The Hall–Kier alpha value is -1.68. The van der Waals surface area contributed by atoms with Gasteiger partial charge in [-0.1, -0.05) is 6.07 Å². The summed E-state index contributed by atoms with van der Waals surface area (Å²) in [4.78, 5) is 25.8. The first kappa shape index (κ1) is 14.7. The first-order valence-electron chi connectivity index (χ1n) is 6.93. The van der Waals surface area contributed by atoms with Crippen LogP contribution < -0.4 is 10.2 Å². The molecular formula is C16H22N2O2. The molecule has 1 aromatic rings. The van der Waals surface area contributed by atoms with E-state index in [0.717, 1.165) is 16.8 Å². The maximum Gasteiger partial charge on any atom is 0.299 e. The van der Waals surface area contributed by atoms with Gasteiger partial charge in [0.25, 0.3) is 11.7 Å². The predicted octanol–water partition coefficient (Wildman–Crippen LogP) is 2.22. The lowest BCUT2D eigenvalue weighted by molar-refractivity contribution is -0.114. The number of anilines is 1. The van der Waals surface area contributed by atoms with Crippen LogP contribution in [-0.4, -0.2) is 30.3 Å². The van der Waals surface area contributed by atoms with Gasteiger partial charge in [0.1, 0.15) is 0 Å². The van der Waals surface area contributed by atoms with Crippen LogP contribution in [0.1, 0.15) is 42.3 Å². The molecule has 1 aliphatic rings. The average molecular weight is 274 g/mol. The van der Waals surface area contributed by atoms with Crippen LogP contribution in [0.25, 0.3) is 0 Å². The number of fused-ring (bicyclic) bond motifs is 1. The van der Waals surface area contributed by atoms with E-state index in [9.17, 15) is 9.59 Å². The molecule has 0 aromatic heterocycles. The summed E-state index contributed by atoms with van der Waals surface area (Å²) in [5.41, 5.74) is 3.31. The Morgan fingerprint density at radius 3 is 2.40 bits per heavy atom. The molecule has 0 saturated heterocycles. The van der Waals surface area contributed by atoms with Crippen molar-refractivity contribution in [2.24, 2.45) is 0 Å². The Kier molecular flexibility index (Phi) is 3.69. The van der Waals surface area contributed by atoms with Gasteiger partial charge >= 0.3 is 0 Å². The number of aryl methyl sites for hydroxylation is 2. The van der Waals surface area contributed by atoms with Crippen molar-refractivity contribution in [1.29, 1.82) is 0 Å². The summed E-state index contributed by atoms with van der Waals surface area (Å²) in [6.45, 7) is 11.3. The monoisotopic (exact) mass is 274 g/mol. The van der Waals surface area contributed by atoms with E-state index in [-0.39, 0.29) is 11.3 Å². The van der Waals surface area contributed by atoms with Crippen molar-refractivity contribution in [3.05, 3.63) is 28.8 Å². The zero-order chi connectivity index (χ0) is 15.1. The van der Waals surface area contributed by atoms with Gasteiger partial charge in [-0.2, -0.15) is 0 Å². The summed E-state index contributed by atoms with van der Waals surface area (Å²) < 4.78 is 0. The van der Waals surface area contributed by atoms with Crippen molar-refractivity contribution in [2.75, 3.05) is 18.0 Å². The number of hydrogen-bond acceptors (Lipinski definition) is 3. The summed E-state index contributed by atoms with van der Waals surface area (Å²) in [6, 6.07) is 3.81. The number of amides is 1. The van der Waals surface area contributed by atoms with E-state index in [1.807, 2.05) is 19.9 Å². The van der Waals surface area contributed by atoms with E-state index in [2.05, 4.69) is 26.1 Å². The molecule has 4 heteroatoms. The quantitative estimate of drug-likeness (QED) is 0.860. The summed E-state index contributed by atoms with van der Waals surface area (Å²) in [5.74, 6) is -0.799. The van der Waals surface area contributed by atoms with Gasteiger partial charge in [0.05, 0.1) is 11.3 Å². The maximum absolute atomic E-state index is 12.1. The fourth-order valence-corrected chi connectivity index (χ4v) is 2.59. The third-order valence-electron chi connectivity index (χ3n) is 3.39. The van der Waals surface area contributed by atoms with Gasteiger partial charge in [-0.3, -0.25) is 9.59 Å². The zero-order valence-corrected chi connectivity index (χ0v) is 12.8. The fraction of sp³-hybridized carbons (Fsp3) is 0.500. The van der Waals surface area contributed by atoms with Crippen LogP contribution in [0.3, 0.4) is 0 Å². The lowest BCUT2D eigenvalue weighted by Gasteiger charge is -2.24. The normalized spacial score (nSPS) is 14.9. The minimum Gasteiger partial charge on any atom is -0.310 e. The van der Waals surface area contributed by atoms with Gasteiger partial charge in [0.15, 0.2) is 0 Å². The van der Waals surface area contributed by atoms with Crippen LogP contribution in [-0.2, 0) is 4.79 Å². The molecule has 108 valence electrons. The number of hydrogen-bond donors (Lipinski definition) is 1. The molecule has 1 aromatic carbocycles. The van der Waals surface area contributed by atoms with Crippen LogP contribution in [0.5, 0.6) is 0 Å². The highest BCUT2D eigenvalue weighted by Gasteiger charge is 2.36. The van der Waals surface area contributed by atoms with E-state index in [1.165, 1.54) is 0 Å². The Balaban J connectivity index is 2.25. The van der Waals surface area contributed by atoms with Gasteiger partial charge in [-0.05, 0) is 51.8 Å². The lowest BCUT2D eigenvalue weighted by Crippen LogP contribution is -2.43.